The zero-order valence-corrected chi connectivity index (χ0v) is 9.50. The molecule has 0 radical (unpaired) electrons. The number of rotatable bonds is 5. The molecule has 0 aliphatic rings. The summed E-state index contributed by atoms with van der Waals surface area (Å²) >= 11 is 1.66. The molecule has 3 heteroatoms. The van der Waals surface area contributed by atoms with Gasteiger partial charge in [0.2, 0.25) is 0 Å². The third-order valence-corrected chi connectivity index (χ3v) is 2.32. The van der Waals surface area contributed by atoms with E-state index in [4.69, 9.17) is 4.74 Å². The second kappa shape index (κ2) is 7.12. The summed E-state index contributed by atoms with van der Waals surface area (Å²) in [4.78, 5) is 11.2. The normalized spacial score (nSPS) is 10.5. The van der Waals surface area contributed by atoms with Crippen molar-refractivity contribution in [3.05, 3.63) is 42.0 Å². The van der Waals surface area contributed by atoms with Gasteiger partial charge in [0, 0.05) is 11.8 Å². The lowest BCUT2D eigenvalue weighted by Gasteiger charge is -1.98. The third-order valence-electron chi connectivity index (χ3n) is 1.74. The lowest BCUT2D eigenvalue weighted by Crippen LogP contribution is -2.03. The average Bonchev–Trinajstić information content (AvgIpc) is 2.28. The highest BCUT2D eigenvalue weighted by atomic mass is 32.2. The van der Waals surface area contributed by atoms with E-state index < -0.39 is 0 Å². The quantitative estimate of drug-likeness (QED) is 0.435. The zero-order valence-electron chi connectivity index (χ0n) is 8.68. The van der Waals surface area contributed by atoms with E-state index in [0.717, 1.165) is 11.3 Å². The molecule has 0 saturated heterocycles. The number of carbonyl (C=O) groups excluding carboxylic acids is 1. The fraction of sp³-hybridized carbons (Fsp3) is 0.250. The molecule has 0 unspecified atom stereocenters. The Morgan fingerprint density at radius 2 is 2.13 bits per heavy atom. The summed E-state index contributed by atoms with van der Waals surface area (Å²) in [5, 5.41) is 0. The molecular weight excluding hydrogens is 208 g/mol. The van der Waals surface area contributed by atoms with Gasteiger partial charge in [0.1, 0.15) is 6.61 Å². The Balaban J connectivity index is 2.34. The molecule has 1 aromatic rings. The number of carbonyl (C=O) groups is 1. The van der Waals surface area contributed by atoms with Crippen LogP contribution in [0.1, 0.15) is 5.56 Å². The highest BCUT2D eigenvalue weighted by Gasteiger charge is 1.95. The SMILES string of the molecule is CSCCOC(=O)C=Cc1ccccc1. The smallest absolute Gasteiger partial charge is 0.330 e. The molecule has 15 heavy (non-hydrogen) atoms. The number of benzene rings is 1. The molecule has 0 amide bonds. The number of esters is 1. The number of hydrogen-bond donors (Lipinski definition) is 0. The van der Waals surface area contributed by atoms with Gasteiger partial charge in [-0.2, -0.15) is 11.8 Å². The van der Waals surface area contributed by atoms with Crippen LogP contribution >= 0.6 is 11.8 Å². The van der Waals surface area contributed by atoms with Crippen molar-refractivity contribution in [3.8, 4) is 0 Å². The predicted molar refractivity (Wildman–Crippen MR) is 64.8 cm³/mol. The summed E-state index contributed by atoms with van der Waals surface area (Å²) < 4.78 is 4.96. The molecule has 2 nitrogen and oxygen atoms in total. The van der Waals surface area contributed by atoms with Crippen LogP contribution in [0.2, 0.25) is 0 Å². The van der Waals surface area contributed by atoms with E-state index in [1.807, 2.05) is 36.6 Å². The summed E-state index contributed by atoms with van der Waals surface area (Å²) in [5.74, 6) is 0.554. The van der Waals surface area contributed by atoms with Gasteiger partial charge in [0.25, 0.3) is 0 Å². The summed E-state index contributed by atoms with van der Waals surface area (Å²) in [6, 6.07) is 9.67. The van der Waals surface area contributed by atoms with Crippen molar-refractivity contribution in [2.75, 3.05) is 18.6 Å². The van der Waals surface area contributed by atoms with Crippen molar-refractivity contribution in [2.45, 2.75) is 0 Å². The topological polar surface area (TPSA) is 26.3 Å². The summed E-state index contributed by atoms with van der Waals surface area (Å²) in [7, 11) is 0. The van der Waals surface area contributed by atoms with Crippen LogP contribution in [0, 0.1) is 0 Å². The average molecular weight is 222 g/mol. The van der Waals surface area contributed by atoms with Gasteiger partial charge in [0.15, 0.2) is 0 Å². The van der Waals surface area contributed by atoms with Crippen molar-refractivity contribution in [1.82, 2.24) is 0 Å². The van der Waals surface area contributed by atoms with E-state index in [9.17, 15) is 4.79 Å². The molecule has 0 heterocycles. The maximum Gasteiger partial charge on any atom is 0.330 e. The molecule has 0 saturated carbocycles. The van der Waals surface area contributed by atoms with Gasteiger partial charge in [-0.25, -0.2) is 4.79 Å². The summed E-state index contributed by atoms with van der Waals surface area (Å²) in [6.07, 6.45) is 5.19. The summed E-state index contributed by atoms with van der Waals surface area (Å²) in [5.41, 5.74) is 0.999. The van der Waals surface area contributed by atoms with Gasteiger partial charge < -0.3 is 4.74 Å². The molecule has 0 atom stereocenters. The molecule has 0 spiro atoms. The molecule has 0 aliphatic carbocycles. The molecule has 0 fully saturated rings. The Morgan fingerprint density at radius 1 is 1.40 bits per heavy atom. The predicted octanol–water partition coefficient (Wildman–Crippen LogP) is 2.61. The van der Waals surface area contributed by atoms with Crippen molar-refractivity contribution >= 4 is 23.8 Å². The first-order chi connectivity index (χ1) is 7.33. The largest absolute Gasteiger partial charge is 0.462 e. The lowest BCUT2D eigenvalue weighted by atomic mass is 10.2. The Hall–Kier alpha value is -1.22. The van der Waals surface area contributed by atoms with Gasteiger partial charge in [-0.1, -0.05) is 30.3 Å². The molecule has 0 N–H and O–H groups in total. The minimum absolute atomic E-state index is 0.284. The molecule has 80 valence electrons. The van der Waals surface area contributed by atoms with E-state index in [0.29, 0.717) is 6.61 Å². The van der Waals surface area contributed by atoms with E-state index >= 15 is 0 Å². The number of hydrogen-bond acceptors (Lipinski definition) is 3. The van der Waals surface area contributed by atoms with Crippen LogP contribution in [0.15, 0.2) is 36.4 Å². The van der Waals surface area contributed by atoms with Crippen LogP contribution in [-0.2, 0) is 9.53 Å². The maximum absolute atomic E-state index is 11.2. The zero-order chi connectivity index (χ0) is 10.9. The van der Waals surface area contributed by atoms with Crippen LogP contribution in [0.25, 0.3) is 6.08 Å². The van der Waals surface area contributed by atoms with Crippen molar-refractivity contribution in [1.29, 1.82) is 0 Å². The minimum Gasteiger partial charge on any atom is -0.462 e. The van der Waals surface area contributed by atoms with E-state index in [-0.39, 0.29) is 5.97 Å². The van der Waals surface area contributed by atoms with Crippen molar-refractivity contribution < 1.29 is 9.53 Å². The second-order valence-corrected chi connectivity index (χ2v) is 3.89. The van der Waals surface area contributed by atoms with Crippen LogP contribution in [0.5, 0.6) is 0 Å². The Kier molecular flexibility index (Phi) is 5.63. The highest BCUT2D eigenvalue weighted by molar-refractivity contribution is 7.98. The molecule has 1 aromatic carbocycles. The van der Waals surface area contributed by atoms with Crippen molar-refractivity contribution in [3.63, 3.8) is 0 Å². The first kappa shape index (κ1) is 11.9. The molecule has 1 rings (SSSR count). The third kappa shape index (κ3) is 5.27. The van der Waals surface area contributed by atoms with Crippen LogP contribution in [-0.4, -0.2) is 24.6 Å². The first-order valence-corrected chi connectivity index (χ1v) is 6.11. The Morgan fingerprint density at radius 3 is 2.80 bits per heavy atom. The molecule has 0 aromatic heterocycles. The van der Waals surface area contributed by atoms with Gasteiger partial charge in [-0.3, -0.25) is 0 Å². The van der Waals surface area contributed by atoms with E-state index in [1.54, 1.807) is 17.8 Å². The van der Waals surface area contributed by atoms with Crippen LogP contribution in [0.3, 0.4) is 0 Å². The fourth-order valence-electron chi connectivity index (χ4n) is 1.00. The second-order valence-electron chi connectivity index (χ2n) is 2.90. The standard InChI is InChI=1S/C12H14O2S/c1-15-10-9-14-12(13)8-7-11-5-3-2-4-6-11/h2-8H,9-10H2,1H3. The first-order valence-electron chi connectivity index (χ1n) is 4.72. The molecular formula is C12H14O2S. The highest BCUT2D eigenvalue weighted by Crippen LogP contribution is 2.01. The van der Waals surface area contributed by atoms with E-state index in [1.165, 1.54) is 6.08 Å². The van der Waals surface area contributed by atoms with Gasteiger partial charge in [-0.15, -0.1) is 0 Å². The lowest BCUT2D eigenvalue weighted by molar-refractivity contribution is -0.137. The van der Waals surface area contributed by atoms with Gasteiger partial charge >= 0.3 is 5.97 Å². The number of thioether (sulfide) groups is 1. The van der Waals surface area contributed by atoms with Crippen LogP contribution < -0.4 is 0 Å². The molecule has 0 aliphatic heterocycles. The van der Waals surface area contributed by atoms with E-state index in [2.05, 4.69) is 0 Å². The minimum atomic E-state index is -0.284. The van der Waals surface area contributed by atoms with Crippen LogP contribution in [0.4, 0.5) is 0 Å². The molecule has 0 bridgehead atoms. The van der Waals surface area contributed by atoms with Gasteiger partial charge in [-0.05, 0) is 17.9 Å². The van der Waals surface area contributed by atoms with Gasteiger partial charge in [0.05, 0.1) is 0 Å². The summed E-state index contributed by atoms with van der Waals surface area (Å²) in [6.45, 7) is 0.471. The Bertz CT molecular complexity index is 320. The maximum atomic E-state index is 11.2. The van der Waals surface area contributed by atoms with Crippen molar-refractivity contribution in [2.24, 2.45) is 0 Å². The Labute approximate surface area is 94.3 Å². The fourth-order valence-corrected chi connectivity index (χ4v) is 1.25. The number of ether oxygens (including phenoxy) is 1. The monoisotopic (exact) mass is 222 g/mol.